The second-order valence-corrected chi connectivity index (χ2v) is 3.08. The van der Waals surface area contributed by atoms with Crippen molar-refractivity contribution in [2.75, 3.05) is 32.2 Å². The van der Waals surface area contributed by atoms with E-state index >= 15 is 0 Å². The van der Waals surface area contributed by atoms with Crippen LogP contribution in [0.2, 0.25) is 0 Å². The molecule has 0 N–H and O–H groups in total. The van der Waals surface area contributed by atoms with Gasteiger partial charge in [0, 0.05) is 20.7 Å². The van der Waals surface area contributed by atoms with Crippen molar-refractivity contribution >= 4 is 5.69 Å². The zero-order valence-electron chi connectivity index (χ0n) is 8.73. The van der Waals surface area contributed by atoms with Crippen LogP contribution in [0.5, 0.6) is 0 Å². The van der Waals surface area contributed by atoms with Gasteiger partial charge in [0.15, 0.2) is 0 Å². The fourth-order valence-corrected chi connectivity index (χ4v) is 1.15. The molecule has 0 aliphatic carbocycles. The summed E-state index contributed by atoms with van der Waals surface area (Å²) >= 11 is 0. The predicted octanol–water partition coefficient (Wildman–Crippen LogP) is 1.72. The van der Waals surface area contributed by atoms with Crippen molar-refractivity contribution in [3.63, 3.8) is 0 Å². The molecule has 0 aliphatic heterocycles. The van der Waals surface area contributed by atoms with Crippen LogP contribution in [0.15, 0.2) is 0 Å². The third kappa shape index (κ3) is 2.41. The van der Waals surface area contributed by atoms with E-state index in [2.05, 4.69) is 9.72 Å². The zero-order chi connectivity index (χ0) is 12.3. The van der Waals surface area contributed by atoms with Crippen LogP contribution in [-0.4, -0.2) is 32.3 Å². The maximum Gasteiger partial charge on any atom is 0.253 e. The van der Waals surface area contributed by atoms with Crippen LogP contribution in [0, 0.1) is 23.5 Å². The summed E-state index contributed by atoms with van der Waals surface area (Å²) < 4.78 is 56.6. The molecule has 90 valence electrons. The van der Waals surface area contributed by atoms with E-state index in [4.69, 9.17) is 0 Å². The van der Waals surface area contributed by atoms with Gasteiger partial charge in [-0.1, -0.05) is 0 Å². The minimum absolute atomic E-state index is 0.0905. The van der Waals surface area contributed by atoms with E-state index in [0.29, 0.717) is 0 Å². The molecule has 0 fully saturated rings. The molecule has 1 rings (SSSR count). The number of halogens is 4. The van der Waals surface area contributed by atoms with Crippen LogP contribution in [0.4, 0.5) is 23.2 Å². The minimum atomic E-state index is -1.67. The molecule has 0 unspecified atom stereocenters. The Hall–Kier alpha value is -1.37. The van der Waals surface area contributed by atoms with Gasteiger partial charge in [-0.25, -0.2) is 0 Å². The first-order valence-electron chi connectivity index (χ1n) is 4.39. The van der Waals surface area contributed by atoms with Crippen LogP contribution in [0.3, 0.4) is 0 Å². The number of methoxy groups -OCH3 is 1. The van der Waals surface area contributed by atoms with Gasteiger partial charge in [0.1, 0.15) is 5.69 Å². The Morgan fingerprint density at radius 3 is 2.06 bits per heavy atom. The average Bonchev–Trinajstić information content (AvgIpc) is 2.24. The first-order chi connectivity index (χ1) is 7.49. The van der Waals surface area contributed by atoms with Gasteiger partial charge in [0.25, 0.3) is 11.9 Å². The molecule has 0 spiro atoms. The summed E-state index contributed by atoms with van der Waals surface area (Å²) in [5.41, 5.74) is -0.790. The maximum absolute atomic E-state index is 13.2. The first-order valence-corrected chi connectivity index (χ1v) is 4.39. The fraction of sp³-hybridized carbons (Fsp3) is 0.444. The van der Waals surface area contributed by atoms with Crippen molar-refractivity contribution in [3.8, 4) is 0 Å². The molecule has 0 saturated carbocycles. The molecule has 1 aromatic rings. The Labute approximate surface area is 89.6 Å². The molecule has 1 aromatic heterocycles. The molecule has 3 nitrogen and oxygen atoms in total. The summed E-state index contributed by atoms with van der Waals surface area (Å²) in [6.45, 7) is 0.258. The zero-order valence-corrected chi connectivity index (χ0v) is 8.73. The monoisotopic (exact) mass is 238 g/mol. The smallest absolute Gasteiger partial charge is 0.253 e. The lowest BCUT2D eigenvalue weighted by Crippen LogP contribution is -2.25. The molecule has 0 bridgehead atoms. The predicted molar refractivity (Wildman–Crippen MR) is 49.2 cm³/mol. The third-order valence-electron chi connectivity index (χ3n) is 1.99. The Balaban J connectivity index is 3.11. The van der Waals surface area contributed by atoms with Crippen LogP contribution in [0.1, 0.15) is 0 Å². The number of hydrogen-bond donors (Lipinski definition) is 0. The standard InChI is InChI=1S/C9H10F4N2O/c1-15(3-4-16-2)7-5(10)8(12)14-9(13)6(7)11/h3-4H2,1-2H3. The second kappa shape index (κ2) is 5.11. The van der Waals surface area contributed by atoms with Crippen LogP contribution >= 0.6 is 0 Å². The molecule has 0 aliphatic rings. The van der Waals surface area contributed by atoms with Gasteiger partial charge in [0.05, 0.1) is 6.61 Å². The summed E-state index contributed by atoms with van der Waals surface area (Å²) in [6, 6.07) is 0. The quantitative estimate of drug-likeness (QED) is 0.590. The Morgan fingerprint density at radius 2 is 1.62 bits per heavy atom. The van der Waals surface area contributed by atoms with Crippen molar-refractivity contribution in [1.29, 1.82) is 0 Å². The number of likely N-dealkylation sites (N-methyl/N-ethyl adjacent to an activating group) is 1. The topological polar surface area (TPSA) is 25.4 Å². The average molecular weight is 238 g/mol. The number of aromatic nitrogens is 1. The van der Waals surface area contributed by atoms with E-state index in [1.165, 1.54) is 14.2 Å². The van der Waals surface area contributed by atoms with E-state index in [9.17, 15) is 17.6 Å². The summed E-state index contributed by atoms with van der Waals surface area (Å²) in [7, 11) is 2.69. The van der Waals surface area contributed by atoms with Crippen molar-refractivity contribution in [3.05, 3.63) is 23.5 Å². The Bertz CT molecular complexity index is 360. The molecule has 16 heavy (non-hydrogen) atoms. The van der Waals surface area contributed by atoms with E-state index in [1.807, 2.05) is 0 Å². The van der Waals surface area contributed by atoms with E-state index in [-0.39, 0.29) is 13.2 Å². The van der Waals surface area contributed by atoms with E-state index in [0.717, 1.165) is 4.90 Å². The van der Waals surface area contributed by atoms with Gasteiger partial charge in [-0.05, 0) is 0 Å². The summed E-state index contributed by atoms with van der Waals surface area (Å²) in [5.74, 6) is -6.37. The number of rotatable bonds is 4. The van der Waals surface area contributed by atoms with Crippen LogP contribution in [-0.2, 0) is 4.74 Å². The SMILES string of the molecule is COCCN(C)c1c(F)c(F)nc(F)c1F. The summed E-state index contributed by atoms with van der Waals surface area (Å²) in [6.07, 6.45) is 0. The van der Waals surface area contributed by atoms with Gasteiger partial charge < -0.3 is 9.64 Å². The Morgan fingerprint density at radius 1 is 1.12 bits per heavy atom. The number of anilines is 1. The molecule has 0 amide bonds. The highest BCUT2D eigenvalue weighted by Crippen LogP contribution is 2.24. The van der Waals surface area contributed by atoms with E-state index < -0.39 is 29.2 Å². The van der Waals surface area contributed by atoms with Gasteiger partial charge in [-0.2, -0.15) is 22.5 Å². The summed E-state index contributed by atoms with van der Waals surface area (Å²) in [4.78, 5) is 3.47. The van der Waals surface area contributed by atoms with Crippen molar-refractivity contribution in [1.82, 2.24) is 4.98 Å². The van der Waals surface area contributed by atoms with Crippen LogP contribution in [0.25, 0.3) is 0 Å². The van der Waals surface area contributed by atoms with Gasteiger partial charge >= 0.3 is 0 Å². The summed E-state index contributed by atoms with van der Waals surface area (Å²) in [5, 5.41) is 0. The van der Waals surface area contributed by atoms with Gasteiger partial charge in [-0.3, -0.25) is 0 Å². The lowest BCUT2D eigenvalue weighted by atomic mass is 10.3. The number of ether oxygens (including phenoxy) is 1. The van der Waals surface area contributed by atoms with Gasteiger partial charge in [-0.15, -0.1) is 0 Å². The molecule has 0 saturated heterocycles. The highest BCUT2D eigenvalue weighted by Gasteiger charge is 2.23. The first kappa shape index (κ1) is 12.7. The molecule has 0 radical (unpaired) electrons. The minimum Gasteiger partial charge on any atom is -0.383 e. The number of hydrogen-bond acceptors (Lipinski definition) is 3. The van der Waals surface area contributed by atoms with Gasteiger partial charge in [0.2, 0.25) is 11.6 Å². The molecule has 0 aromatic carbocycles. The molecular formula is C9H10F4N2O. The Kier molecular flexibility index (Phi) is 4.05. The lowest BCUT2D eigenvalue weighted by Gasteiger charge is -2.19. The van der Waals surface area contributed by atoms with Crippen molar-refractivity contribution < 1.29 is 22.3 Å². The normalized spacial score (nSPS) is 10.6. The highest BCUT2D eigenvalue weighted by molar-refractivity contribution is 5.47. The van der Waals surface area contributed by atoms with Crippen molar-refractivity contribution in [2.45, 2.75) is 0 Å². The third-order valence-corrected chi connectivity index (χ3v) is 1.99. The number of nitrogens with zero attached hydrogens (tertiary/aromatic N) is 2. The molecule has 1 heterocycles. The maximum atomic E-state index is 13.2. The second-order valence-electron chi connectivity index (χ2n) is 3.08. The van der Waals surface area contributed by atoms with E-state index in [1.54, 1.807) is 0 Å². The molecular weight excluding hydrogens is 228 g/mol. The fourth-order valence-electron chi connectivity index (χ4n) is 1.15. The lowest BCUT2D eigenvalue weighted by molar-refractivity contribution is 0.206. The highest BCUT2D eigenvalue weighted by atomic mass is 19.2. The van der Waals surface area contributed by atoms with Crippen molar-refractivity contribution in [2.24, 2.45) is 0 Å². The number of pyridine rings is 1. The van der Waals surface area contributed by atoms with Crippen LogP contribution < -0.4 is 4.90 Å². The largest absolute Gasteiger partial charge is 0.383 e. The molecule has 7 heteroatoms. The molecule has 0 atom stereocenters.